The number of aromatic nitrogens is 2. The van der Waals surface area contributed by atoms with Gasteiger partial charge in [-0.15, -0.1) is 0 Å². The molecule has 2 aromatic carbocycles. The highest BCUT2D eigenvalue weighted by molar-refractivity contribution is 5.19. The summed E-state index contributed by atoms with van der Waals surface area (Å²) in [5, 5.41) is 14.7. The van der Waals surface area contributed by atoms with Crippen LogP contribution in [0.25, 0.3) is 0 Å². The standard InChI is InChI=1S/C22H25N3O2/c26-22(18-9-5-2-6-10-18)19-11-13-25(14-12-19)16-21-23-20(24-27-21)15-17-7-3-1-4-8-17/h1-10,19,22,26H,11-16H2. The van der Waals surface area contributed by atoms with Crippen LogP contribution in [0.1, 0.15) is 41.8 Å². The SMILES string of the molecule is OC(c1ccccc1)C1CCN(Cc2nc(Cc3ccccc3)no2)CC1. The smallest absolute Gasteiger partial charge is 0.240 e. The van der Waals surface area contributed by atoms with E-state index in [4.69, 9.17) is 4.52 Å². The number of rotatable bonds is 6. The average molecular weight is 363 g/mol. The van der Waals surface area contributed by atoms with Gasteiger partial charge in [0.15, 0.2) is 5.82 Å². The molecule has 2 heterocycles. The van der Waals surface area contributed by atoms with Crippen LogP contribution in [-0.2, 0) is 13.0 Å². The molecule has 1 aromatic heterocycles. The van der Waals surface area contributed by atoms with Crippen LogP contribution < -0.4 is 0 Å². The van der Waals surface area contributed by atoms with E-state index in [2.05, 4.69) is 27.2 Å². The van der Waals surface area contributed by atoms with Crippen molar-refractivity contribution in [3.63, 3.8) is 0 Å². The van der Waals surface area contributed by atoms with Crippen LogP contribution in [0.3, 0.4) is 0 Å². The molecule has 5 heteroatoms. The Hall–Kier alpha value is -2.50. The lowest BCUT2D eigenvalue weighted by Crippen LogP contribution is -2.35. The number of aliphatic hydroxyl groups excluding tert-OH is 1. The second kappa shape index (κ2) is 8.46. The van der Waals surface area contributed by atoms with Gasteiger partial charge in [0.05, 0.1) is 12.6 Å². The van der Waals surface area contributed by atoms with Crippen LogP contribution in [-0.4, -0.2) is 33.2 Å². The number of nitrogens with zero attached hydrogens (tertiary/aromatic N) is 3. The van der Waals surface area contributed by atoms with Crippen LogP contribution in [0.2, 0.25) is 0 Å². The van der Waals surface area contributed by atoms with E-state index < -0.39 is 0 Å². The van der Waals surface area contributed by atoms with Crippen LogP contribution in [0.5, 0.6) is 0 Å². The van der Waals surface area contributed by atoms with Crippen LogP contribution in [0.4, 0.5) is 0 Å². The molecule has 0 amide bonds. The van der Waals surface area contributed by atoms with Gasteiger partial charge in [-0.25, -0.2) is 0 Å². The van der Waals surface area contributed by atoms with Gasteiger partial charge in [-0.2, -0.15) is 4.98 Å². The Balaban J connectivity index is 1.28. The molecule has 1 aliphatic rings. The third-order valence-electron chi connectivity index (χ3n) is 5.29. The largest absolute Gasteiger partial charge is 0.388 e. The molecular formula is C22H25N3O2. The van der Waals surface area contributed by atoms with E-state index in [0.717, 1.165) is 37.3 Å². The summed E-state index contributed by atoms with van der Waals surface area (Å²) in [7, 11) is 0. The second-order valence-electron chi connectivity index (χ2n) is 7.24. The summed E-state index contributed by atoms with van der Waals surface area (Å²) in [6.45, 7) is 2.55. The Labute approximate surface area is 159 Å². The molecule has 1 unspecified atom stereocenters. The molecule has 140 valence electrons. The fraction of sp³-hybridized carbons (Fsp3) is 0.364. The lowest BCUT2D eigenvalue weighted by Gasteiger charge is -2.33. The first-order valence-electron chi connectivity index (χ1n) is 9.58. The summed E-state index contributed by atoms with van der Waals surface area (Å²) in [6.07, 6.45) is 2.26. The summed E-state index contributed by atoms with van der Waals surface area (Å²) in [6, 6.07) is 20.1. The summed E-state index contributed by atoms with van der Waals surface area (Å²) in [5.41, 5.74) is 2.19. The lowest BCUT2D eigenvalue weighted by molar-refractivity contribution is 0.0538. The van der Waals surface area contributed by atoms with Gasteiger partial charge in [0.25, 0.3) is 0 Å². The summed E-state index contributed by atoms with van der Waals surface area (Å²) in [5.74, 6) is 1.70. The maximum absolute atomic E-state index is 10.6. The molecule has 4 rings (SSSR count). The minimum absolute atomic E-state index is 0.306. The van der Waals surface area contributed by atoms with E-state index in [-0.39, 0.29) is 6.10 Å². The molecule has 0 aliphatic carbocycles. The Morgan fingerprint density at radius 2 is 1.67 bits per heavy atom. The second-order valence-corrected chi connectivity index (χ2v) is 7.24. The first-order chi connectivity index (χ1) is 13.3. The van der Waals surface area contributed by atoms with Crippen LogP contribution in [0, 0.1) is 5.92 Å². The number of benzene rings is 2. The van der Waals surface area contributed by atoms with Gasteiger partial charge in [-0.1, -0.05) is 65.8 Å². The minimum atomic E-state index is -0.380. The summed E-state index contributed by atoms with van der Waals surface area (Å²) < 4.78 is 5.43. The molecule has 0 saturated carbocycles. The van der Waals surface area contributed by atoms with Crippen molar-refractivity contribution in [1.82, 2.24) is 15.0 Å². The third kappa shape index (κ3) is 4.62. The van der Waals surface area contributed by atoms with Crippen molar-refractivity contribution in [2.75, 3.05) is 13.1 Å². The Morgan fingerprint density at radius 3 is 2.37 bits per heavy atom. The van der Waals surface area contributed by atoms with Crippen LogP contribution in [0.15, 0.2) is 65.2 Å². The zero-order chi connectivity index (χ0) is 18.5. The monoisotopic (exact) mass is 363 g/mol. The van der Waals surface area contributed by atoms with Crippen LogP contribution >= 0.6 is 0 Å². The van der Waals surface area contributed by atoms with Gasteiger partial charge in [0.2, 0.25) is 5.89 Å². The fourth-order valence-corrected chi connectivity index (χ4v) is 3.75. The molecule has 0 spiro atoms. The van der Waals surface area contributed by atoms with Crippen molar-refractivity contribution in [3.8, 4) is 0 Å². The number of hydrogen-bond acceptors (Lipinski definition) is 5. The van der Waals surface area contributed by atoms with E-state index in [1.807, 2.05) is 48.5 Å². The molecule has 3 aromatic rings. The van der Waals surface area contributed by atoms with E-state index in [1.165, 1.54) is 5.56 Å². The highest BCUT2D eigenvalue weighted by Crippen LogP contribution is 2.30. The minimum Gasteiger partial charge on any atom is -0.388 e. The summed E-state index contributed by atoms with van der Waals surface area (Å²) in [4.78, 5) is 6.86. The maximum atomic E-state index is 10.6. The van der Waals surface area contributed by atoms with Gasteiger partial charge < -0.3 is 9.63 Å². The van der Waals surface area contributed by atoms with Crippen molar-refractivity contribution in [3.05, 3.63) is 83.5 Å². The van der Waals surface area contributed by atoms with E-state index in [0.29, 0.717) is 24.8 Å². The molecule has 1 atom stereocenters. The Morgan fingerprint density at radius 1 is 1.00 bits per heavy atom. The van der Waals surface area contributed by atoms with E-state index in [1.54, 1.807) is 0 Å². The van der Waals surface area contributed by atoms with Gasteiger partial charge in [-0.3, -0.25) is 4.90 Å². The van der Waals surface area contributed by atoms with Crippen molar-refractivity contribution in [1.29, 1.82) is 0 Å². The molecule has 27 heavy (non-hydrogen) atoms. The Kier molecular flexibility index (Phi) is 5.61. The maximum Gasteiger partial charge on any atom is 0.240 e. The van der Waals surface area contributed by atoms with E-state index in [9.17, 15) is 5.11 Å². The van der Waals surface area contributed by atoms with Crippen molar-refractivity contribution in [2.45, 2.75) is 31.9 Å². The van der Waals surface area contributed by atoms with Crippen molar-refractivity contribution in [2.24, 2.45) is 5.92 Å². The topological polar surface area (TPSA) is 62.4 Å². The molecule has 1 saturated heterocycles. The van der Waals surface area contributed by atoms with Gasteiger partial charge in [-0.05, 0) is 43.0 Å². The molecule has 5 nitrogen and oxygen atoms in total. The molecule has 1 aliphatic heterocycles. The first kappa shape index (κ1) is 17.9. The number of likely N-dealkylation sites (tertiary alicyclic amines) is 1. The quantitative estimate of drug-likeness (QED) is 0.725. The molecular weight excluding hydrogens is 338 g/mol. The van der Waals surface area contributed by atoms with Gasteiger partial charge in [0, 0.05) is 6.42 Å². The van der Waals surface area contributed by atoms with Gasteiger partial charge in [0.1, 0.15) is 0 Å². The highest BCUT2D eigenvalue weighted by Gasteiger charge is 2.27. The predicted octanol–water partition coefficient (Wildman–Crippen LogP) is 3.61. The predicted molar refractivity (Wildman–Crippen MR) is 103 cm³/mol. The van der Waals surface area contributed by atoms with Crippen molar-refractivity contribution >= 4 is 0 Å². The first-order valence-corrected chi connectivity index (χ1v) is 9.58. The zero-order valence-electron chi connectivity index (χ0n) is 15.4. The van der Waals surface area contributed by atoms with Gasteiger partial charge >= 0.3 is 0 Å². The molecule has 1 N–H and O–H groups in total. The van der Waals surface area contributed by atoms with Crippen molar-refractivity contribution < 1.29 is 9.63 Å². The highest BCUT2D eigenvalue weighted by atomic mass is 16.5. The number of piperidine rings is 1. The normalized spacial score (nSPS) is 17.1. The molecule has 0 bridgehead atoms. The zero-order valence-corrected chi connectivity index (χ0v) is 15.4. The average Bonchev–Trinajstić information content (AvgIpc) is 3.16. The third-order valence-corrected chi connectivity index (χ3v) is 5.29. The Bertz CT molecular complexity index is 827. The lowest BCUT2D eigenvalue weighted by atomic mass is 9.87. The number of hydrogen-bond donors (Lipinski definition) is 1. The van der Waals surface area contributed by atoms with E-state index >= 15 is 0 Å². The molecule has 0 radical (unpaired) electrons. The summed E-state index contributed by atoms with van der Waals surface area (Å²) >= 11 is 0. The number of aliphatic hydroxyl groups is 1. The fourth-order valence-electron chi connectivity index (χ4n) is 3.75. The molecule has 1 fully saturated rings.